The summed E-state index contributed by atoms with van der Waals surface area (Å²) >= 11 is 0. The van der Waals surface area contributed by atoms with Crippen LogP contribution in [0.1, 0.15) is 18.4 Å². The van der Waals surface area contributed by atoms with Gasteiger partial charge in [0.1, 0.15) is 11.6 Å². The Bertz CT molecular complexity index is 1070. The van der Waals surface area contributed by atoms with Crippen molar-refractivity contribution in [1.82, 2.24) is 14.9 Å². The summed E-state index contributed by atoms with van der Waals surface area (Å²) in [6.45, 7) is 3.38. The van der Waals surface area contributed by atoms with E-state index in [9.17, 15) is 15.0 Å². The molecule has 1 fully saturated rings. The van der Waals surface area contributed by atoms with E-state index in [1.807, 2.05) is 31.2 Å². The van der Waals surface area contributed by atoms with Crippen LogP contribution in [0.2, 0.25) is 0 Å². The van der Waals surface area contributed by atoms with Gasteiger partial charge in [0.2, 0.25) is 0 Å². The molecule has 1 aliphatic rings. The van der Waals surface area contributed by atoms with Crippen LogP contribution in [0, 0.1) is 6.92 Å². The first-order valence-corrected chi connectivity index (χ1v) is 9.71. The lowest BCUT2D eigenvalue weighted by Gasteiger charge is -2.37. The molecule has 29 heavy (non-hydrogen) atoms. The number of aromatic hydroxyl groups is 1. The summed E-state index contributed by atoms with van der Waals surface area (Å²) in [6.07, 6.45) is 0.786. The monoisotopic (exact) mass is 392 g/mol. The van der Waals surface area contributed by atoms with E-state index < -0.39 is 6.09 Å². The first-order valence-electron chi connectivity index (χ1n) is 9.71. The Kier molecular flexibility index (Phi) is 4.96. The second-order valence-corrected chi connectivity index (χ2v) is 7.54. The maximum absolute atomic E-state index is 11.4. The van der Waals surface area contributed by atoms with Crippen LogP contribution in [0.4, 0.5) is 10.6 Å². The summed E-state index contributed by atoms with van der Waals surface area (Å²) in [7, 11) is 1.62. The molecular weight excluding hydrogens is 368 g/mol. The van der Waals surface area contributed by atoms with E-state index in [0.29, 0.717) is 17.9 Å². The second kappa shape index (κ2) is 7.58. The zero-order valence-corrected chi connectivity index (χ0v) is 16.5. The van der Waals surface area contributed by atoms with Crippen LogP contribution in [0.5, 0.6) is 5.75 Å². The molecule has 2 aromatic carbocycles. The third-order valence-electron chi connectivity index (χ3n) is 5.52. The van der Waals surface area contributed by atoms with E-state index in [0.717, 1.165) is 41.7 Å². The van der Waals surface area contributed by atoms with Crippen molar-refractivity contribution in [3.63, 3.8) is 0 Å². The van der Waals surface area contributed by atoms with Crippen LogP contribution in [0.25, 0.3) is 22.3 Å². The fourth-order valence-electron chi connectivity index (χ4n) is 3.87. The topological polar surface area (TPSA) is 89.8 Å². The molecular formula is C22H24N4O3. The third kappa shape index (κ3) is 3.68. The number of aryl methyl sites for hydroxylation is 1. The van der Waals surface area contributed by atoms with Crippen molar-refractivity contribution in [1.29, 1.82) is 0 Å². The molecule has 7 heteroatoms. The lowest BCUT2D eigenvalue weighted by Crippen LogP contribution is -2.48. The molecule has 2 N–H and O–H groups in total. The van der Waals surface area contributed by atoms with Gasteiger partial charge < -0.3 is 20.0 Å². The summed E-state index contributed by atoms with van der Waals surface area (Å²) in [5.41, 5.74) is 2.47. The zero-order valence-electron chi connectivity index (χ0n) is 16.5. The molecule has 0 bridgehead atoms. The number of phenols is 1. The molecule has 1 aromatic heterocycles. The number of nitrogens with zero attached hydrogens (tertiary/aromatic N) is 4. The van der Waals surface area contributed by atoms with E-state index in [2.05, 4.69) is 4.90 Å². The Balaban J connectivity index is 1.82. The number of carboxylic acid groups (broad SMARTS) is 1. The first kappa shape index (κ1) is 19.0. The fraction of sp³-hybridized carbons (Fsp3) is 0.318. The van der Waals surface area contributed by atoms with Crippen molar-refractivity contribution in [3.8, 4) is 17.1 Å². The molecule has 1 amide bonds. The number of anilines is 1. The molecule has 1 saturated heterocycles. The number of aromatic nitrogens is 2. The van der Waals surface area contributed by atoms with Gasteiger partial charge in [-0.05, 0) is 49.6 Å². The van der Waals surface area contributed by atoms with Crippen LogP contribution >= 0.6 is 0 Å². The summed E-state index contributed by atoms with van der Waals surface area (Å²) in [5, 5.41) is 20.6. The van der Waals surface area contributed by atoms with Crippen molar-refractivity contribution in [2.45, 2.75) is 25.8 Å². The summed E-state index contributed by atoms with van der Waals surface area (Å²) in [6, 6.07) is 13.0. The highest BCUT2D eigenvalue weighted by molar-refractivity contribution is 5.92. The SMILES string of the molecule is Cc1ccc2c(N3CCC[C@H](N(C)C(=O)O)C3)nc(-c3ccccc3O)nc2c1. The smallest absolute Gasteiger partial charge is 0.407 e. The van der Waals surface area contributed by atoms with Crippen LogP contribution in [0.3, 0.4) is 0 Å². The zero-order chi connectivity index (χ0) is 20.5. The average Bonchev–Trinajstić information content (AvgIpc) is 2.72. The van der Waals surface area contributed by atoms with Gasteiger partial charge in [0.25, 0.3) is 0 Å². The van der Waals surface area contributed by atoms with Crippen LogP contribution in [-0.4, -0.2) is 57.4 Å². The highest BCUT2D eigenvalue weighted by Gasteiger charge is 2.28. The Morgan fingerprint density at radius 2 is 2.00 bits per heavy atom. The Hall–Kier alpha value is -3.35. The van der Waals surface area contributed by atoms with Gasteiger partial charge in [0.15, 0.2) is 5.82 Å². The summed E-state index contributed by atoms with van der Waals surface area (Å²) in [4.78, 5) is 24.5. The average molecular weight is 392 g/mol. The van der Waals surface area contributed by atoms with Crippen LogP contribution in [-0.2, 0) is 0 Å². The van der Waals surface area contributed by atoms with E-state index in [1.165, 1.54) is 4.90 Å². The molecule has 1 aliphatic heterocycles. The fourth-order valence-corrected chi connectivity index (χ4v) is 3.87. The minimum Gasteiger partial charge on any atom is -0.507 e. The van der Waals surface area contributed by atoms with Crippen LogP contribution < -0.4 is 4.90 Å². The van der Waals surface area contributed by atoms with Crippen molar-refractivity contribution in [2.24, 2.45) is 0 Å². The predicted octanol–water partition coefficient (Wildman–Crippen LogP) is 3.89. The third-order valence-corrected chi connectivity index (χ3v) is 5.52. The highest BCUT2D eigenvalue weighted by atomic mass is 16.4. The number of phenolic OH excluding ortho intramolecular Hbond substituents is 1. The van der Waals surface area contributed by atoms with Gasteiger partial charge in [-0.3, -0.25) is 0 Å². The summed E-state index contributed by atoms with van der Waals surface area (Å²) < 4.78 is 0. The van der Waals surface area contributed by atoms with Crippen molar-refractivity contribution < 1.29 is 15.0 Å². The number of piperidine rings is 1. The molecule has 0 radical (unpaired) electrons. The lowest BCUT2D eigenvalue weighted by atomic mass is 10.0. The molecule has 0 unspecified atom stereocenters. The molecule has 7 nitrogen and oxygen atoms in total. The minimum absolute atomic E-state index is 0.0923. The molecule has 0 aliphatic carbocycles. The van der Waals surface area contributed by atoms with Gasteiger partial charge in [0.05, 0.1) is 17.1 Å². The lowest BCUT2D eigenvalue weighted by molar-refractivity contribution is 0.133. The van der Waals surface area contributed by atoms with Gasteiger partial charge in [-0.1, -0.05) is 18.2 Å². The Morgan fingerprint density at radius 1 is 1.21 bits per heavy atom. The van der Waals surface area contributed by atoms with Crippen molar-refractivity contribution in [3.05, 3.63) is 48.0 Å². The number of hydrogen-bond acceptors (Lipinski definition) is 5. The maximum atomic E-state index is 11.4. The molecule has 3 aromatic rings. The Labute approximate surface area is 169 Å². The molecule has 2 heterocycles. The van der Waals surface area contributed by atoms with Crippen LogP contribution in [0.15, 0.2) is 42.5 Å². The number of likely N-dealkylation sites (N-methyl/N-ethyl adjacent to an activating group) is 1. The van der Waals surface area contributed by atoms with Crippen molar-refractivity contribution in [2.75, 3.05) is 25.0 Å². The second-order valence-electron chi connectivity index (χ2n) is 7.54. The van der Waals surface area contributed by atoms with Gasteiger partial charge in [-0.15, -0.1) is 0 Å². The number of rotatable bonds is 3. The van der Waals surface area contributed by atoms with E-state index >= 15 is 0 Å². The minimum atomic E-state index is -0.921. The van der Waals surface area contributed by atoms with Gasteiger partial charge in [-0.25, -0.2) is 14.8 Å². The number of fused-ring (bicyclic) bond motifs is 1. The largest absolute Gasteiger partial charge is 0.507 e. The highest BCUT2D eigenvalue weighted by Crippen LogP contribution is 2.33. The quantitative estimate of drug-likeness (QED) is 0.703. The van der Waals surface area contributed by atoms with Gasteiger partial charge in [0, 0.05) is 25.5 Å². The normalized spacial score (nSPS) is 16.8. The molecule has 4 rings (SSSR count). The summed E-state index contributed by atoms with van der Waals surface area (Å²) in [5.74, 6) is 1.37. The maximum Gasteiger partial charge on any atom is 0.407 e. The molecule has 0 spiro atoms. The standard InChI is InChI=1S/C22H24N4O3/c1-14-9-10-16-18(12-14)23-20(17-7-3-4-8-19(17)27)24-21(16)26-11-5-6-15(13-26)25(2)22(28)29/h3-4,7-10,12,15,27H,5-6,11,13H2,1-2H3,(H,28,29)/t15-/m0/s1. The number of para-hydroxylation sites is 1. The molecule has 150 valence electrons. The molecule has 1 atom stereocenters. The number of benzene rings is 2. The number of amides is 1. The molecule has 0 saturated carbocycles. The van der Waals surface area contributed by atoms with Gasteiger partial charge in [-0.2, -0.15) is 0 Å². The number of hydrogen-bond donors (Lipinski definition) is 2. The van der Waals surface area contributed by atoms with E-state index in [-0.39, 0.29) is 11.8 Å². The Morgan fingerprint density at radius 3 is 2.76 bits per heavy atom. The van der Waals surface area contributed by atoms with Gasteiger partial charge >= 0.3 is 6.09 Å². The van der Waals surface area contributed by atoms with E-state index in [4.69, 9.17) is 9.97 Å². The van der Waals surface area contributed by atoms with E-state index in [1.54, 1.807) is 25.2 Å². The number of carbonyl (C=O) groups is 1. The predicted molar refractivity (Wildman–Crippen MR) is 112 cm³/mol. The first-order chi connectivity index (χ1) is 13.9. The van der Waals surface area contributed by atoms with Crippen molar-refractivity contribution >= 4 is 22.8 Å².